The molecule has 1 amide bonds. The van der Waals surface area contributed by atoms with E-state index in [9.17, 15) is 34.8 Å². The van der Waals surface area contributed by atoms with Gasteiger partial charge in [0.2, 0.25) is 12.2 Å². The molecule has 0 radical (unpaired) electrons. The highest BCUT2D eigenvalue weighted by Gasteiger charge is 2.48. The lowest BCUT2D eigenvalue weighted by Gasteiger charge is -2.38. The molecule has 1 saturated heterocycles. The molecule has 2 aromatic carbocycles. The lowest BCUT2D eigenvalue weighted by atomic mass is 9.99. The van der Waals surface area contributed by atoms with Gasteiger partial charge in [-0.15, -0.1) is 0 Å². The number of benzene rings is 2. The number of hydrogen-bond acceptors (Lipinski definition) is 11. The molecular formula is C37H51N3O11. The van der Waals surface area contributed by atoms with E-state index in [0.717, 1.165) is 24.2 Å². The highest BCUT2D eigenvalue weighted by molar-refractivity contribution is 5.92. The molecule has 14 nitrogen and oxygen atoms in total. The number of para-hydroxylation sites is 1. The number of aromatic nitrogens is 1. The minimum atomic E-state index is -1.85. The van der Waals surface area contributed by atoms with Gasteiger partial charge in [0, 0.05) is 43.7 Å². The van der Waals surface area contributed by atoms with E-state index in [1.165, 1.54) is 17.1 Å². The first-order valence-corrected chi connectivity index (χ1v) is 17.5. The van der Waals surface area contributed by atoms with Crippen LogP contribution in [0.25, 0.3) is 10.9 Å². The molecule has 1 aromatic heterocycles. The minimum absolute atomic E-state index is 0.0198. The Hall–Kier alpha value is -3.89. The molecule has 280 valence electrons. The molecule has 2 heterocycles. The molecule has 1 fully saturated rings. The van der Waals surface area contributed by atoms with Crippen LogP contribution in [0.3, 0.4) is 0 Å². The predicted molar refractivity (Wildman–Crippen MR) is 188 cm³/mol. The summed E-state index contributed by atoms with van der Waals surface area (Å²) in [5, 5.41) is 43.6. The van der Waals surface area contributed by atoms with Crippen molar-refractivity contribution in [2.24, 2.45) is 0 Å². The van der Waals surface area contributed by atoms with E-state index in [4.69, 9.17) is 18.9 Å². The van der Waals surface area contributed by atoms with Gasteiger partial charge >= 0.3 is 5.97 Å². The molecular weight excluding hydrogens is 662 g/mol. The van der Waals surface area contributed by atoms with E-state index < -0.39 is 36.7 Å². The van der Waals surface area contributed by atoms with E-state index in [1.54, 1.807) is 12.1 Å². The quantitative estimate of drug-likeness (QED) is 0.102. The number of carbonyl (C=O) groups excluding carboxylic acids is 2. The molecule has 1 aliphatic rings. The van der Waals surface area contributed by atoms with Crippen LogP contribution >= 0.6 is 0 Å². The number of aryl methyl sites for hydroxylation is 2. The number of fused-ring (bicyclic) bond motifs is 1. The Labute approximate surface area is 297 Å². The number of carbonyl (C=O) groups is 3. The zero-order chi connectivity index (χ0) is 36.9. The number of carboxylic acids is 1. The van der Waals surface area contributed by atoms with Crippen molar-refractivity contribution < 1.29 is 53.8 Å². The SMILES string of the molecule is CCc1ccc(OC2O[C@H](C(=O)O)[C@@H](O)[C@H](O)[C@H]2O)c(NC(=O)CCOCCOCCCC(=O)CCn2c(CN(C)CC)cc3ccccc32)c1. The number of aliphatic carboxylic acids is 1. The summed E-state index contributed by atoms with van der Waals surface area (Å²) >= 11 is 0. The average molecular weight is 714 g/mol. The average Bonchev–Trinajstić information content (AvgIpc) is 3.46. The molecule has 51 heavy (non-hydrogen) atoms. The van der Waals surface area contributed by atoms with Crippen molar-refractivity contribution in [1.29, 1.82) is 0 Å². The third kappa shape index (κ3) is 11.3. The third-order valence-corrected chi connectivity index (χ3v) is 8.85. The number of aliphatic hydroxyl groups excluding tert-OH is 3. The van der Waals surface area contributed by atoms with E-state index in [2.05, 4.69) is 47.0 Å². The summed E-state index contributed by atoms with van der Waals surface area (Å²) < 4.78 is 24.3. The Morgan fingerprint density at radius 1 is 0.902 bits per heavy atom. The smallest absolute Gasteiger partial charge is 0.335 e. The zero-order valence-electron chi connectivity index (χ0n) is 29.5. The number of hydrogen-bond donors (Lipinski definition) is 5. The Bertz CT molecular complexity index is 1590. The maximum absolute atomic E-state index is 12.7. The van der Waals surface area contributed by atoms with Crippen LogP contribution in [0.15, 0.2) is 48.5 Å². The number of nitrogens with one attached hydrogen (secondary N) is 1. The van der Waals surface area contributed by atoms with Crippen LogP contribution in [0.5, 0.6) is 5.75 Å². The molecule has 4 rings (SSSR count). The van der Waals surface area contributed by atoms with E-state index in [-0.39, 0.29) is 42.8 Å². The Morgan fingerprint density at radius 2 is 1.65 bits per heavy atom. The van der Waals surface area contributed by atoms with Crippen molar-refractivity contribution in [3.05, 3.63) is 59.8 Å². The second-order valence-electron chi connectivity index (χ2n) is 12.6. The standard InChI is InChI=1S/C37H51N3O11/c1-4-24-12-13-30(50-37-34(45)32(43)33(44)35(51-37)36(46)47)28(21-24)38-31(42)15-18-49-20-19-48-17-8-10-27(41)14-16-40-26(23-39(3)5-2)22-25-9-6-7-11-29(25)40/h6-7,9,11-13,21-22,32-35,37,43-45H,4-5,8,10,14-20,23H2,1-3H3,(H,38,42)(H,46,47)/t32-,33-,34+,35-,37?/m0/s1. The van der Waals surface area contributed by atoms with Crippen LogP contribution in [0, 0.1) is 0 Å². The second-order valence-corrected chi connectivity index (χ2v) is 12.6. The van der Waals surface area contributed by atoms with Crippen LogP contribution in [0.2, 0.25) is 0 Å². The van der Waals surface area contributed by atoms with Crippen LogP contribution in [-0.4, -0.2) is 118 Å². The molecule has 14 heteroatoms. The fraction of sp³-hybridized carbons (Fsp3) is 0.541. The van der Waals surface area contributed by atoms with Gasteiger partial charge in [0.15, 0.2) is 6.10 Å². The number of ketones is 1. The summed E-state index contributed by atoms with van der Waals surface area (Å²) in [7, 11) is 2.08. The van der Waals surface area contributed by atoms with Gasteiger partial charge in [0.1, 0.15) is 29.8 Å². The van der Waals surface area contributed by atoms with Gasteiger partial charge in [-0.3, -0.25) is 9.59 Å². The normalized spacial score (nSPS) is 20.5. The lowest BCUT2D eigenvalue weighted by molar-refractivity contribution is -0.271. The van der Waals surface area contributed by atoms with Crippen molar-refractivity contribution in [1.82, 2.24) is 9.47 Å². The molecule has 1 unspecified atom stereocenters. The number of anilines is 1. The Balaban J connectivity index is 1.13. The maximum atomic E-state index is 12.7. The number of rotatable bonds is 21. The molecule has 5 atom stereocenters. The summed E-state index contributed by atoms with van der Waals surface area (Å²) in [6.45, 7) is 7.58. The van der Waals surface area contributed by atoms with Crippen molar-refractivity contribution in [3.8, 4) is 5.75 Å². The highest BCUT2D eigenvalue weighted by Crippen LogP contribution is 2.31. The number of carboxylic acid groups (broad SMARTS) is 1. The highest BCUT2D eigenvalue weighted by atomic mass is 16.7. The van der Waals surface area contributed by atoms with Gasteiger partial charge in [-0.2, -0.15) is 0 Å². The fourth-order valence-corrected chi connectivity index (χ4v) is 5.76. The Morgan fingerprint density at radius 3 is 2.37 bits per heavy atom. The van der Waals surface area contributed by atoms with Gasteiger partial charge in [-0.25, -0.2) is 4.79 Å². The van der Waals surface area contributed by atoms with E-state index in [1.807, 2.05) is 19.1 Å². The van der Waals surface area contributed by atoms with Gasteiger partial charge in [-0.1, -0.05) is 38.1 Å². The number of amides is 1. The topological polar surface area (TPSA) is 189 Å². The van der Waals surface area contributed by atoms with Crippen LogP contribution in [-0.2, 0) is 48.1 Å². The van der Waals surface area contributed by atoms with Gasteiger partial charge < -0.3 is 54.2 Å². The molecule has 0 saturated carbocycles. The second kappa shape index (κ2) is 19.6. The molecule has 0 spiro atoms. The monoisotopic (exact) mass is 713 g/mol. The van der Waals surface area contributed by atoms with Crippen LogP contribution in [0.4, 0.5) is 5.69 Å². The van der Waals surface area contributed by atoms with Gasteiger partial charge in [0.25, 0.3) is 0 Å². The van der Waals surface area contributed by atoms with E-state index >= 15 is 0 Å². The summed E-state index contributed by atoms with van der Waals surface area (Å²) in [6, 6.07) is 15.4. The number of nitrogens with zero attached hydrogens (tertiary/aromatic N) is 2. The van der Waals surface area contributed by atoms with Crippen molar-refractivity contribution in [3.63, 3.8) is 0 Å². The van der Waals surface area contributed by atoms with Crippen LogP contribution < -0.4 is 10.1 Å². The predicted octanol–water partition coefficient (Wildman–Crippen LogP) is 2.73. The molecule has 5 N–H and O–H groups in total. The molecule has 0 bridgehead atoms. The number of Topliss-reactive ketones (excluding diaryl/α,β-unsaturated/α-hetero) is 1. The zero-order valence-corrected chi connectivity index (χ0v) is 29.5. The minimum Gasteiger partial charge on any atom is -0.479 e. The summed E-state index contributed by atoms with van der Waals surface area (Å²) in [5.41, 5.74) is 3.47. The first-order chi connectivity index (χ1) is 24.5. The van der Waals surface area contributed by atoms with Crippen LogP contribution in [0.1, 0.15) is 50.8 Å². The summed E-state index contributed by atoms with van der Waals surface area (Å²) in [6.07, 6.45) is -6.69. The number of aliphatic hydroxyl groups is 3. The largest absolute Gasteiger partial charge is 0.479 e. The molecule has 3 aromatic rings. The molecule has 1 aliphatic heterocycles. The maximum Gasteiger partial charge on any atom is 0.335 e. The fourth-order valence-electron chi connectivity index (χ4n) is 5.76. The van der Waals surface area contributed by atoms with E-state index in [0.29, 0.717) is 45.4 Å². The van der Waals surface area contributed by atoms with Crippen molar-refractivity contribution in [2.75, 3.05) is 45.3 Å². The van der Waals surface area contributed by atoms with Gasteiger partial charge in [-0.05, 0) is 61.6 Å². The third-order valence-electron chi connectivity index (χ3n) is 8.85. The first kappa shape index (κ1) is 39.9. The van der Waals surface area contributed by atoms with Gasteiger partial charge in [0.05, 0.1) is 31.9 Å². The summed E-state index contributed by atoms with van der Waals surface area (Å²) in [5.74, 6) is -1.65. The van der Waals surface area contributed by atoms with Crippen molar-refractivity contribution >= 4 is 34.3 Å². The van der Waals surface area contributed by atoms with Crippen molar-refractivity contribution in [2.45, 2.75) is 89.7 Å². The lowest BCUT2D eigenvalue weighted by Crippen LogP contribution is -2.61. The summed E-state index contributed by atoms with van der Waals surface area (Å²) in [4.78, 5) is 39.1. The Kier molecular flexibility index (Phi) is 15.4. The molecule has 0 aliphatic carbocycles. The first-order valence-electron chi connectivity index (χ1n) is 17.5. The number of ether oxygens (including phenoxy) is 4.